The van der Waals surface area contributed by atoms with E-state index in [2.05, 4.69) is 17.2 Å². The molecule has 3 heteroatoms. The van der Waals surface area contributed by atoms with Gasteiger partial charge in [-0.05, 0) is 43.4 Å². The minimum atomic E-state index is -0.0155. The average Bonchev–Trinajstić information content (AvgIpc) is 3.31. The van der Waals surface area contributed by atoms with Crippen LogP contribution in [0.1, 0.15) is 50.3 Å². The Kier molecular flexibility index (Phi) is 5.41. The van der Waals surface area contributed by atoms with E-state index in [1.54, 1.807) is 0 Å². The fraction of sp³-hybridized carbons (Fsp3) is 0.500. The van der Waals surface area contributed by atoms with Gasteiger partial charge in [-0.1, -0.05) is 30.9 Å². The first-order valence-electron chi connectivity index (χ1n) is 7.62. The molecule has 1 aromatic carbocycles. The maximum absolute atomic E-state index is 12.1. The third-order valence-electron chi connectivity index (χ3n) is 3.96. The molecule has 3 nitrogen and oxygen atoms in total. The number of rotatable bonds is 5. The summed E-state index contributed by atoms with van der Waals surface area (Å²) >= 11 is 0. The van der Waals surface area contributed by atoms with E-state index in [-0.39, 0.29) is 24.5 Å². The van der Waals surface area contributed by atoms with Gasteiger partial charge in [-0.15, -0.1) is 0 Å². The van der Waals surface area contributed by atoms with Gasteiger partial charge in [0.2, 0.25) is 5.91 Å². The van der Waals surface area contributed by atoms with Gasteiger partial charge in [0.25, 0.3) is 0 Å². The Morgan fingerprint density at radius 2 is 2.19 bits per heavy atom. The van der Waals surface area contributed by atoms with Gasteiger partial charge in [-0.3, -0.25) is 4.79 Å². The van der Waals surface area contributed by atoms with E-state index >= 15 is 0 Å². The smallest absolute Gasteiger partial charge is 0.223 e. The summed E-state index contributed by atoms with van der Waals surface area (Å²) in [5.41, 5.74) is 1.97. The van der Waals surface area contributed by atoms with Crippen LogP contribution < -0.4 is 5.32 Å². The number of hydrogen-bond donors (Lipinski definition) is 2. The first kappa shape index (κ1) is 15.6. The summed E-state index contributed by atoms with van der Waals surface area (Å²) in [6.45, 7) is 4.09. The Morgan fingerprint density at radius 1 is 1.43 bits per heavy atom. The van der Waals surface area contributed by atoms with Crippen molar-refractivity contribution in [1.82, 2.24) is 5.32 Å². The number of aliphatic hydroxyl groups excluding tert-OH is 1. The van der Waals surface area contributed by atoms with E-state index in [9.17, 15) is 4.79 Å². The van der Waals surface area contributed by atoms with Crippen molar-refractivity contribution in [1.29, 1.82) is 0 Å². The highest BCUT2D eigenvalue weighted by Crippen LogP contribution is 2.36. The fourth-order valence-corrected chi connectivity index (χ4v) is 2.34. The summed E-state index contributed by atoms with van der Waals surface area (Å²) in [7, 11) is 0. The minimum absolute atomic E-state index is 0.0155. The van der Waals surface area contributed by atoms with Crippen molar-refractivity contribution in [3.63, 3.8) is 0 Å². The van der Waals surface area contributed by atoms with Crippen molar-refractivity contribution in [2.24, 2.45) is 11.8 Å². The van der Waals surface area contributed by atoms with Crippen molar-refractivity contribution in [2.45, 2.75) is 39.2 Å². The van der Waals surface area contributed by atoms with Crippen LogP contribution in [0, 0.1) is 23.7 Å². The molecule has 0 spiro atoms. The second-order valence-corrected chi connectivity index (χ2v) is 5.76. The van der Waals surface area contributed by atoms with Crippen LogP contribution in [0.25, 0.3) is 0 Å². The van der Waals surface area contributed by atoms with Crippen LogP contribution in [0.4, 0.5) is 0 Å². The summed E-state index contributed by atoms with van der Waals surface area (Å²) in [5, 5.41) is 11.8. The van der Waals surface area contributed by atoms with E-state index in [1.807, 2.05) is 38.1 Å². The highest BCUT2D eigenvalue weighted by molar-refractivity contribution is 5.79. The van der Waals surface area contributed by atoms with Gasteiger partial charge < -0.3 is 10.4 Å². The zero-order chi connectivity index (χ0) is 15.2. The number of amides is 1. The van der Waals surface area contributed by atoms with Crippen molar-refractivity contribution in [2.75, 3.05) is 6.61 Å². The Morgan fingerprint density at radius 3 is 2.86 bits per heavy atom. The predicted octanol–water partition coefficient (Wildman–Crippen LogP) is 2.64. The Bertz CT molecular complexity index is 552. The highest BCUT2D eigenvalue weighted by atomic mass is 16.2. The predicted molar refractivity (Wildman–Crippen MR) is 83.5 cm³/mol. The van der Waals surface area contributed by atoms with Crippen LogP contribution in [0.15, 0.2) is 24.3 Å². The number of nitrogens with one attached hydrogen (secondary N) is 1. The summed E-state index contributed by atoms with van der Waals surface area (Å²) in [6, 6.07) is 7.87. The van der Waals surface area contributed by atoms with Gasteiger partial charge >= 0.3 is 0 Å². The summed E-state index contributed by atoms with van der Waals surface area (Å²) in [6.07, 6.45) is 2.84. The Hall–Kier alpha value is -1.79. The molecule has 1 fully saturated rings. The molecule has 21 heavy (non-hydrogen) atoms. The third kappa shape index (κ3) is 4.61. The molecule has 0 aliphatic heterocycles. The maximum Gasteiger partial charge on any atom is 0.223 e. The standard InChI is InChI=1S/C18H23NO2/c1-13(16-9-10-16)18(21)19-14(2)17-8-5-7-15(12-17)6-3-4-11-20/h5,7-8,12-14,16,20H,4,9-11H2,1-2H3,(H,19,21). The molecule has 112 valence electrons. The molecule has 0 heterocycles. The van der Waals surface area contributed by atoms with Gasteiger partial charge in [-0.25, -0.2) is 0 Å². The molecule has 2 N–H and O–H groups in total. The van der Waals surface area contributed by atoms with Crippen LogP contribution in [-0.2, 0) is 4.79 Å². The molecule has 0 saturated heterocycles. The maximum atomic E-state index is 12.1. The normalized spacial score (nSPS) is 16.5. The number of benzene rings is 1. The molecule has 1 aliphatic rings. The number of aliphatic hydroxyl groups is 1. The lowest BCUT2D eigenvalue weighted by atomic mass is 10.0. The number of carbonyl (C=O) groups is 1. The molecule has 0 bridgehead atoms. The molecule has 1 saturated carbocycles. The van der Waals surface area contributed by atoms with Crippen LogP contribution in [0.3, 0.4) is 0 Å². The van der Waals surface area contributed by atoms with Gasteiger partial charge in [0.05, 0.1) is 12.6 Å². The molecular formula is C18H23NO2. The van der Waals surface area contributed by atoms with Gasteiger partial charge in [-0.2, -0.15) is 0 Å². The second-order valence-electron chi connectivity index (χ2n) is 5.76. The Labute approximate surface area is 126 Å². The largest absolute Gasteiger partial charge is 0.395 e. The molecular weight excluding hydrogens is 262 g/mol. The van der Waals surface area contributed by atoms with Crippen LogP contribution in [0.2, 0.25) is 0 Å². The van der Waals surface area contributed by atoms with Crippen LogP contribution in [-0.4, -0.2) is 17.6 Å². The van der Waals surface area contributed by atoms with E-state index in [0.717, 1.165) is 11.1 Å². The zero-order valence-corrected chi connectivity index (χ0v) is 12.7. The van der Waals surface area contributed by atoms with Crippen molar-refractivity contribution in [3.8, 4) is 11.8 Å². The van der Waals surface area contributed by atoms with Crippen molar-refractivity contribution < 1.29 is 9.90 Å². The molecule has 2 unspecified atom stereocenters. The SMILES string of the molecule is CC(NC(=O)C(C)C1CC1)c1cccc(C#CCCO)c1. The van der Waals surface area contributed by atoms with E-state index in [1.165, 1.54) is 12.8 Å². The van der Waals surface area contributed by atoms with Gasteiger partial charge in [0.1, 0.15) is 0 Å². The summed E-state index contributed by atoms with van der Waals surface area (Å²) in [5.74, 6) is 6.76. The molecule has 1 amide bonds. The lowest BCUT2D eigenvalue weighted by molar-refractivity contribution is -0.125. The lowest BCUT2D eigenvalue weighted by Gasteiger charge is -2.18. The molecule has 0 radical (unpaired) electrons. The molecule has 1 aromatic rings. The number of carbonyl (C=O) groups excluding carboxylic acids is 1. The van der Waals surface area contributed by atoms with Crippen molar-refractivity contribution >= 4 is 5.91 Å². The number of hydrogen-bond acceptors (Lipinski definition) is 2. The third-order valence-corrected chi connectivity index (χ3v) is 3.96. The fourth-order valence-electron chi connectivity index (χ4n) is 2.34. The first-order chi connectivity index (χ1) is 10.1. The topological polar surface area (TPSA) is 49.3 Å². The average molecular weight is 285 g/mol. The Balaban J connectivity index is 1.98. The summed E-state index contributed by atoms with van der Waals surface area (Å²) in [4.78, 5) is 12.1. The first-order valence-corrected chi connectivity index (χ1v) is 7.62. The molecule has 0 aromatic heterocycles. The van der Waals surface area contributed by atoms with Crippen molar-refractivity contribution in [3.05, 3.63) is 35.4 Å². The second kappa shape index (κ2) is 7.28. The summed E-state index contributed by atoms with van der Waals surface area (Å²) < 4.78 is 0. The molecule has 2 atom stereocenters. The van der Waals surface area contributed by atoms with E-state index < -0.39 is 0 Å². The van der Waals surface area contributed by atoms with Crippen LogP contribution >= 0.6 is 0 Å². The minimum Gasteiger partial charge on any atom is -0.395 e. The van der Waals surface area contributed by atoms with Gasteiger partial charge in [0, 0.05) is 17.9 Å². The lowest BCUT2D eigenvalue weighted by Crippen LogP contribution is -2.32. The monoisotopic (exact) mass is 285 g/mol. The van der Waals surface area contributed by atoms with Gasteiger partial charge in [0.15, 0.2) is 0 Å². The van der Waals surface area contributed by atoms with E-state index in [0.29, 0.717) is 12.3 Å². The zero-order valence-electron chi connectivity index (χ0n) is 12.7. The van der Waals surface area contributed by atoms with Crippen LogP contribution in [0.5, 0.6) is 0 Å². The quantitative estimate of drug-likeness (QED) is 0.817. The molecule has 2 rings (SSSR count). The molecule has 1 aliphatic carbocycles. The highest BCUT2D eigenvalue weighted by Gasteiger charge is 2.32. The van der Waals surface area contributed by atoms with E-state index in [4.69, 9.17) is 5.11 Å².